The van der Waals surface area contributed by atoms with Gasteiger partial charge in [-0.2, -0.15) is 0 Å². The van der Waals surface area contributed by atoms with Crippen molar-refractivity contribution in [3.8, 4) is 5.69 Å². The maximum absolute atomic E-state index is 13.5. The molecule has 3 aromatic carbocycles. The van der Waals surface area contributed by atoms with Crippen LogP contribution in [0, 0.1) is 10.1 Å². The quantitative estimate of drug-likeness (QED) is 0.289. The van der Waals surface area contributed by atoms with E-state index in [1.165, 1.54) is 34.0 Å². The van der Waals surface area contributed by atoms with Gasteiger partial charge >= 0.3 is 0 Å². The van der Waals surface area contributed by atoms with Crippen molar-refractivity contribution in [3.63, 3.8) is 0 Å². The van der Waals surface area contributed by atoms with Crippen LogP contribution >= 0.6 is 0 Å². The van der Waals surface area contributed by atoms with E-state index in [0.29, 0.717) is 17.0 Å². The van der Waals surface area contributed by atoms with E-state index < -0.39 is 4.92 Å². The average Bonchev–Trinajstić information content (AvgIpc) is 3.05. The Labute approximate surface area is 202 Å². The van der Waals surface area contributed by atoms with Crippen molar-refractivity contribution >= 4 is 28.4 Å². The first-order valence-electron chi connectivity index (χ1n) is 11.3. The molecule has 174 valence electrons. The Hall–Kier alpha value is -4.52. The topological polar surface area (TPSA) is 81.3 Å². The van der Waals surface area contributed by atoms with Crippen molar-refractivity contribution in [2.75, 3.05) is 11.9 Å². The Morgan fingerprint density at radius 3 is 2.43 bits per heavy atom. The predicted octanol–water partition coefficient (Wildman–Crippen LogP) is 5.62. The van der Waals surface area contributed by atoms with Gasteiger partial charge in [-0.05, 0) is 42.0 Å². The van der Waals surface area contributed by atoms with Gasteiger partial charge in [0.15, 0.2) is 0 Å². The van der Waals surface area contributed by atoms with E-state index in [0.717, 1.165) is 5.70 Å². The molecule has 0 unspecified atom stereocenters. The van der Waals surface area contributed by atoms with Gasteiger partial charge in [0.1, 0.15) is 5.82 Å². The number of benzene rings is 3. The molecule has 2 heterocycles. The Kier molecular flexibility index (Phi) is 5.32. The summed E-state index contributed by atoms with van der Waals surface area (Å²) in [6, 6.07) is 21.7. The predicted molar refractivity (Wildman–Crippen MR) is 139 cm³/mol. The van der Waals surface area contributed by atoms with E-state index in [1.807, 2.05) is 55.6 Å². The highest BCUT2D eigenvalue weighted by Crippen LogP contribution is 2.46. The van der Waals surface area contributed by atoms with Crippen LogP contribution in [0.15, 0.2) is 95.4 Å². The minimum absolute atomic E-state index is 0.143. The molecular formula is C28H24N4O3. The van der Waals surface area contributed by atoms with Crippen molar-refractivity contribution in [1.29, 1.82) is 0 Å². The van der Waals surface area contributed by atoms with Crippen LogP contribution < -0.4 is 10.5 Å². The van der Waals surface area contributed by atoms with Gasteiger partial charge in [0.25, 0.3) is 11.2 Å². The molecule has 0 saturated carbocycles. The zero-order valence-corrected chi connectivity index (χ0v) is 19.7. The third-order valence-electron chi connectivity index (χ3n) is 6.54. The molecule has 0 fully saturated rings. The molecule has 0 aliphatic carbocycles. The molecule has 0 saturated heterocycles. The fourth-order valence-electron chi connectivity index (χ4n) is 4.77. The summed E-state index contributed by atoms with van der Waals surface area (Å²) in [4.78, 5) is 31.1. The molecule has 0 N–H and O–H groups in total. The van der Waals surface area contributed by atoms with Crippen LogP contribution in [-0.4, -0.2) is 21.5 Å². The first kappa shape index (κ1) is 22.3. The van der Waals surface area contributed by atoms with Crippen molar-refractivity contribution in [1.82, 2.24) is 9.55 Å². The normalized spacial score (nSPS) is 15.7. The summed E-state index contributed by atoms with van der Waals surface area (Å²) in [5, 5.41) is 11.5. The SMILES string of the molecule is CN1/C(=C/C=C/c2nc3ccc([N+](=O)[O-])cc3c(=O)n2-c2ccccc2)C(C)(C)c2ccccc21. The van der Waals surface area contributed by atoms with Crippen LogP contribution in [0.4, 0.5) is 11.4 Å². The van der Waals surface area contributed by atoms with Gasteiger partial charge in [0.2, 0.25) is 0 Å². The number of para-hydroxylation sites is 2. The molecule has 0 amide bonds. The highest BCUT2D eigenvalue weighted by molar-refractivity contribution is 5.81. The second kappa shape index (κ2) is 8.36. The standard InChI is InChI=1S/C28H24N4O3/c1-28(2)22-12-7-8-13-24(22)30(3)25(28)14-9-15-26-29-23-17-16-20(32(34)35)18-21(23)27(33)31(26)19-10-5-4-6-11-19/h4-18H,1-3H3/b15-9+,25-14+. The zero-order valence-electron chi connectivity index (χ0n) is 19.7. The molecule has 0 spiro atoms. The average molecular weight is 465 g/mol. The van der Waals surface area contributed by atoms with Crippen molar-refractivity contribution < 1.29 is 4.92 Å². The van der Waals surface area contributed by atoms with Crippen LogP contribution in [-0.2, 0) is 5.41 Å². The molecule has 7 heteroatoms. The molecule has 1 aromatic heterocycles. The number of fused-ring (bicyclic) bond motifs is 2. The number of hydrogen-bond acceptors (Lipinski definition) is 5. The molecule has 0 atom stereocenters. The van der Waals surface area contributed by atoms with E-state index >= 15 is 0 Å². The number of non-ortho nitro benzene ring substituents is 1. The molecule has 1 aliphatic heterocycles. The number of aromatic nitrogens is 2. The lowest BCUT2D eigenvalue weighted by atomic mass is 9.84. The molecule has 0 bridgehead atoms. The van der Waals surface area contributed by atoms with Gasteiger partial charge < -0.3 is 4.90 Å². The molecule has 1 aliphatic rings. The third-order valence-corrected chi connectivity index (χ3v) is 6.54. The first-order valence-corrected chi connectivity index (χ1v) is 11.3. The molecule has 5 rings (SSSR count). The zero-order chi connectivity index (χ0) is 24.7. The number of nitrogens with zero attached hydrogens (tertiary/aromatic N) is 4. The summed E-state index contributed by atoms with van der Waals surface area (Å²) in [7, 11) is 2.05. The smallest absolute Gasteiger partial charge is 0.270 e. The Balaban J connectivity index is 1.65. The number of anilines is 1. The number of rotatable bonds is 4. The minimum atomic E-state index is -0.510. The fraction of sp³-hybridized carbons (Fsp3) is 0.143. The monoisotopic (exact) mass is 464 g/mol. The Morgan fingerprint density at radius 2 is 1.71 bits per heavy atom. The summed E-state index contributed by atoms with van der Waals surface area (Å²) in [5.74, 6) is 0.440. The van der Waals surface area contributed by atoms with Crippen LogP contribution in [0.25, 0.3) is 22.7 Å². The second-order valence-corrected chi connectivity index (χ2v) is 9.02. The summed E-state index contributed by atoms with van der Waals surface area (Å²) >= 11 is 0. The lowest BCUT2D eigenvalue weighted by Gasteiger charge is -2.23. The number of nitro groups is 1. The number of likely N-dealkylation sites (N-methyl/N-ethyl adjacent to an activating group) is 1. The van der Waals surface area contributed by atoms with E-state index in [2.05, 4.69) is 41.9 Å². The van der Waals surface area contributed by atoms with Gasteiger partial charge in [-0.3, -0.25) is 19.5 Å². The van der Waals surface area contributed by atoms with Crippen molar-refractivity contribution in [2.45, 2.75) is 19.3 Å². The molecule has 7 nitrogen and oxygen atoms in total. The van der Waals surface area contributed by atoms with Crippen LogP contribution in [0.1, 0.15) is 25.2 Å². The second-order valence-electron chi connectivity index (χ2n) is 9.02. The Bertz CT molecular complexity index is 1580. The van der Waals surface area contributed by atoms with Crippen molar-refractivity contribution in [2.24, 2.45) is 0 Å². The summed E-state index contributed by atoms with van der Waals surface area (Å²) in [5.41, 5.74) is 3.92. The summed E-state index contributed by atoms with van der Waals surface area (Å²) in [6.07, 6.45) is 5.74. The maximum atomic E-state index is 13.5. The van der Waals surface area contributed by atoms with Crippen LogP contribution in [0.2, 0.25) is 0 Å². The maximum Gasteiger partial charge on any atom is 0.270 e. The lowest BCUT2D eigenvalue weighted by molar-refractivity contribution is -0.384. The molecule has 4 aromatic rings. The number of allylic oxidation sites excluding steroid dienone is 3. The highest BCUT2D eigenvalue weighted by Gasteiger charge is 2.37. The lowest BCUT2D eigenvalue weighted by Crippen LogP contribution is -2.23. The number of nitro benzene ring substituents is 1. The molecular weight excluding hydrogens is 440 g/mol. The molecule has 0 radical (unpaired) electrons. The van der Waals surface area contributed by atoms with Gasteiger partial charge in [-0.15, -0.1) is 0 Å². The minimum Gasteiger partial charge on any atom is -0.347 e. The van der Waals surface area contributed by atoms with E-state index in [1.54, 1.807) is 6.08 Å². The van der Waals surface area contributed by atoms with Crippen molar-refractivity contribution in [3.05, 3.63) is 123 Å². The van der Waals surface area contributed by atoms with Gasteiger partial charge in [-0.1, -0.05) is 56.3 Å². The van der Waals surface area contributed by atoms with Crippen LogP contribution in [0.3, 0.4) is 0 Å². The molecule has 35 heavy (non-hydrogen) atoms. The van der Waals surface area contributed by atoms with Crippen LogP contribution in [0.5, 0.6) is 0 Å². The van der Waals surface area contributed by atoms with E-state index in [4.69, 9.17) is 0 Å². The van der Waals surface area contributed by atoms with E-state index in [-0.39, 0.29) is 22.0 Å². The summed E-state index contributed by atoms with van der Waals surface area (Å²) in [6.45, 7) is 4.38. The third kappa shape index (κ3) is 3.71. The Morgan fingerprint density at radius 1 is 1.00 bits per heavy atom. The van der Waals surface area contributed by atoms with Gasteiger partial charge in [0, 0.05) is 36.0 Å². The first-order chi connectivity index (χ1) is 16.8. The largest absolute Gasteiger partial charge is 0.347 e. The van der Waals surface area contributed by atoms with E-state index in [9.17, 15) is 14.9 Å². The highest BCUT2D eigenvalue weighted by atomic mass is 16.6. The summed E-state index contributed by atoms with van der Waals surface area (Å²) < 4.78 is 1.49. The van der Waals surface area contributed by atoms with Gasteiger partial charge in [0.05, 0.1) is 21.5 Å². The number of hydrogen-bond donors (Lipinski definition) is 0. The van der Waals surface area contributed by atoms with Gasteiger partial charge in [-0.25, -0.2) is 4.98 Å². The fourth-order valence-corrected chi connectivity index (χ4v) is 4.77.